The van der Waals surface area contributed by atoms with E-state index in [4.69, 9.17) is 25.5 Å². The van der Waals surface area contributed by atoms with Gasteiger partial charge in [-0.1, -0.05) is 11.6 Å². The molecule has 0 saturated heterocycles. The van der Waals surface area contributed by atoms with Gasteiger partial charge in [0, 0.05) is 27.6 Å². The summed E-state index contributed by atoms with van der Waals surface area (Å²) in [5.74, 6) is -0.167. The molecular formula is C20H15ClO6. The van der Waals surface area contributed by atoms with Crippen LogP contribution in [0.3, 0.4) is 0 Å². The van der Waals surface area contributed by atoms with E-state index in [9.17, 15) is 14.4 Å². The Hall–Kier alpha value is -3.12. The fourth-order valence-electron chi connectivity index (χ4n) is 2.45. The van der Waals surface area contributed by atoms with Gasteiger partial charge in [-0.2, -0.15) is 0 Å². The average molecular weight is 387 g/mol. The third-order valence-corrected chi connectivity index (χ3v) is 4.28. The molecule has 0 spiro atoms. The van der Waals surface area contributed by atoms with E-state index in [-0.39, 0.29) is 13.2 Å². The maximum atomic E-state index is 11.9. The lowest BCUT2D eigenvalue weighted by molar-refractivity contribution is -0.147. The Balaban J connectivity index is 1.66. The van der Waals surface area contributed by atoms with Crippen molar-refractivity contribution in [3.63, 3.8) is 0 Å². The predicted octanol–water partition coefficient (Wildman–Crippen LogP) is 3.69. The normalized spacial score (nSPS) is 10.6. The van der Waals surface area contributed by atoms with Gasteiger partial charge in [0.15, 0.2) is 6.61 Å². The van der Waals surface area contributed by atoms with Crippen LogP contribution in [-0.2, 0) is 16.1 Å². The first-order valence-corrected chi connectivity index (χ1v) is 8.40. The van der Waals surface area contributed by atoms with Crippen LogP contribution in [0.15, 0.2) is 51.7 Å². The molecule has 6 nitrogen and oxygen atoms in total. The number of halogens is 1. The van der Waals surface area contributed by atoms with Crippen LogP contribution in [0.4, 0.5) is 0 Å². The molecule has 3 rings (SSSR count). The topological polar surface area (TPSA) is 82.8 Å². The molecule has 0 atom stereocenters. The highest BCUT2D eigenvalue weighted by Crippen LogP contribution is 2.25. The number of ether oxygens (including phenoxy) is 2. The monoisotopic (exact) mass is 386 g/mol. The van der Waals surface area contributed by atoms with Crippen molar-refractivity contribution in [2.45, 2.75) is 13.5 Å². The van der Waals surface area contributed by atoms with E-state index in [0.717, 1.165) is 5.56 Å². The van der Waals surface area contributed by atoms with Gasteiger partial charge < -0.3 is 13.9 Å². The minimum absolute atomic E-state index is 0.117. The van der Waals surface area contributed by atoms with Crippen molar-refractivity contribution in [3.8, 4) is 5.75 Å². The van der Waals surface area contributed by atoms with Gasteiger partial charge in [0.05, 0.1) is 0 Å². The molecule has 0 unspecified atom stereocenters. The van der Waals surface area contributed by atoms with Crippen molar-refractivity contribution in [2.75, 3.05) is 6.61 Å². The van der Waals surface area contributed by atoms with Crippen molar-refractivity contribution < 1.29 is 23.5 Å². The first-order valence-electron chi connectivity index (χ1n) is 8.03. The molecule has 0 aliphatic rings. The van der Waals surface area contributed by atoms with Crippen LogP contribution < -0.4 is 10.4 Å². The predicted molar refractivity (Wildman–Crippen MR) is 99.4 cm³/mol. The molecular weight excluding hydrogens is 372 g/mol. The van der Waals surface area contributed by atoms with E-state index in [0.29, 0.717) is 39.2 Å². The smallest absolute Gasteiger partial charge is 0.344 e. The molecule has 7 heteroatoms. The lowest BCUT2D eigenvalue weighted by atomic mass is 10.1. The molecule has 0 saturated carbocycles. The highest BCUT2D eigenvalue weighted by molar-refractivity contribution is 6.32. The molecule has 138 valence electrons. The van der Waals surface area contributed by atoms with Crippen LogP contribution in [0.25, 0.3) is 11.0 Å². The summed E-state index contributed by atoms with van der Waals surface area (Å²) in [5.41, 5.74) is 1.61. The molecule has 27 heavy (non-hydrogen) atoms. The lowest BCUT2D eigenvalue weighted by Gasteiger charge is -2.09. The number of fused-ring (bicyclic) bond motifs is 1. The van der Waals surface area contributed by atoms with E-state index in [1.807, 2.05) is 0 Å². The van der Waals surface area contributed by atoms with Gasteiger partial charge >= 0.3 is 11.6 Å². The third-order valence-electron chi connectivity index (χ3n) is 3.87. The number of carbonyl (C=O) groups excluding carboxylic acids is 2. The second kappa shape index (κ2) is 8.05. The Labute approximate surface area is 159 Å². The van der Waals surface area contributed by atoms with Crippen LogP contribution in [0, 0.1) is 6.92 Å². The molecule has 2 aromatic carbocycles. The second-order valence-electron chi connectivity index (χ2n) is 5.82. The van der Waals surface area contributed by atoms with Gasteiger partial charge in [0.1, 0.15) is 24.2 Å². The van der Waals surface area contributed by atoms with Crippen LogP contribution in [0.1, 0.15) is 21.5 Å². The Bertz CT molecular complexity index is 1050. The maximum absolute atomic E-state index is 11.9. The van der Waals surface area contributed by atoms with E-state index >= 15 is 0 Å². The van der Waals surface area contributed by atoms with Gasteiger partial charge in [-0.15, -0.1) is 0 Å². The molecule has 0 bridgehead atoms. The summed E-state index contributed by atoms with van der Waals surface area (Å²) in [4.78, 5) is 34.3. The van der Waals surface area contributed by atoms with E-state index < -0.39 is 11.6 Å². The Kier molecular flexibility index (Phi) is 5.57. The van der Waals surface area contributed by atoms with Crippen LogP contribution >= 0.6 is 11.6 Å². The van der Waals surface area contributed by atoms with Crippen LogP contribution in [0.5, 0.6) is 5.75 Å². The lowest BCUT2D eigenvalue weighted by Crippen LogP contribution is -2.15. The second-order valence-corrected chi connectivity index (χ2v) is 6.23. The molecule has 0 aliphatic carbocycles. The molecule has 0 fully saturated rings. The highest BCUT2D eigenvalue weighted by Gasteiger charge is 2.11. The zero-order chi connectivity index (χ0) is 19.4. The summed E-state index contributed by atoms with van der Waals surface area (Å²) in [6, 6.07) is 10.9. The number of esters is 1. The number of aldehydes is 1. The number of benzene rings is 2. The van der Waals surface area contributed by atoms with Crippen molar-refractivity contribution in [3.05, 3.63) is 74.6 Å². The van der Waals surface area contributed by atoms with E-state index in [1.165, 1.54) is 6.07 Å². The summed E-state index contributed by atoms with van der Waals surface area (Å²) in [5, 5.41) is 1.12. The molecule has 0 radical (unpaired) electrons. The van der Waals surface area contributed by atoms with Gasteiger partial charge in [0.2, 0.25) is 0 Å². The standard InChI is InChI=1S/C20H15ClO6/c1-12-6-18-16(8-17(12)21)14(7-19(23)27-18)10-26-20(24)11-25-15-4-2-13(9-22)3-5-15/h2-9H,10-11H2,1H3. The molecule has 1 aromatic heterocycles. The van der Waals surface area contributed by atoms with E-state index in [2.05, 4.69) is 0 Å². The van der Waals surface area contributed by atoms with E-state index in [1.54, 1.807) is 43.3 Å². The molecule has 0 amide bonds. The minimum Gasteiger partial charge on any atom is -0.482 e. The fraction of sp³-hybridized carbons (Fsp3) is 0.150. The van der Waals surface area contributed by atoms with Gasteiger partial charge in [-0.05, 0) is 48.9 Å². The Morgan fingerprint density at radius 3 is 2.63 bits per heavy atom. The third kappa shape index (κ3) is 4.54. The number of aryl methyl sites for hydroxylation is 1. The Morgan fingerprint density at radius 1 is 1.19 bits per heavy atom. The number of hydrogen-bond donors (Lipinski definition) is 0. The quantitative estimate of drug-likeness (QED) is 0.365. The zero-order valence-corrected chi connectivity index (χ0v) is 15.1. The van der Waals surface area contributed by atoms with Crippen LogP contribution in [-0.4, -0.2) is 18.9 Å². The largest absolute Gasteiger partial charge is 0.482 e. The summed E-state index contributed by atoms with van der Waals surface area (Å²) in [7, 11) is 0. The number of rotatable bonds is 6. The first-order chi connectivity index (χ1) is 13.0. The average Bonchev–Trinajstić information content (AvgIpc) is 2.66. The number of hydrogen-bond acceptors (Lipinski definition) is 6. The molecule has 0 N–H and O–H groups in total. The van der Waals surface area contributed by atoms with Crippen molar-refractivity contribution in [2.24, 2.45) is 0 Å². The zero-order valence-electron chi connectivity index (χ0n) is 14.4. The molecule has 3 aromatic rings. The van der Waals surface area contributed by atoms with Gasteiger partial charge in [0.25, 0.3) is 0 Å². The number of carbonyl (C=O) groups is 2. The fourth-order valence-corrected chi connectivity index (χ4v) is 2.62. The first kappa shape index (κ1) is 18.7. The highest BCUT2D eigenvalue weighted by atomic mass is 35.5. The van der Waals surface area contributed by atoms with Crippen molar-refractivity contribution in [1.29, 1.82) is 0 Å². The molecule has 0 aliphatic heterocycles. The summed E-state index contributed by atoms with van der Waals surface area (Å²) in [6.45, 7) is 1.38. The molecule has 1 heterocycles. The summed E-state index contributed by atoms with van der Waals surface area (Å²) < 4.78 is 15.7. The minimum atomic E-state index is -0.603. The van der Waals surface area contributed by atoms with Crippen molar-refractivity contribution >= 4 is 34.8 Å². The summed E-state index contributed by atoms with van der Waals surface area (Å²) in [6.07, 6.45) is 0.715. The summed E-state index contributed by atoms with van der Waals surface area (Å²) >= 11 is 6.13. The SMILES string of the molecule is Cc1cc2oc(=O)cc(COC(=O)COc3ccc(C=O)cc3)c2cc1Cl. The Morgan fingerprint density at radius 2 is 1.93 bits per heavy atom. The van der Waals surface area contributed by atoms with Crippen LogP contribution in [0.2, 0.25) is 5.02 Å². The van der Waals surface area contributed by atoms with Gasteiger partial charge in [-0.3, -0.25) is 4.79 Å². The van der Waals surface area contributed by atoms with Crippen molar-refractivity contribution in [1.82, 2.24) is 0 Å². The maximum Gasteiger partial charge on any atom is 0.344 e. The van der Waals surface area contributed by atoms with Gasteiger partial charge in [-0.25, -0.2) is 9.59 Å².